The summed E-state index contributed by atoms with van der Waals surface area (Å²) in [6, 6.07) is 10.9. The molecule has 0 bridgehead atoms. The first kappa shape index (κ1) is 23.4. The molecule has 0 aromatic heterocycles. The number of benzene rings is 2. The second-order valence-corrected chi connectivity index (χ2v) is 8.92. The molecular formula is C22H28N2O5S. The van der Waals surface area contributed by atoms with Crippen LogP contribution in [0.5, 0.6) is 0 Å². The largest absolute Gasteiger partial charge is 0.462 e. The zero-order chi connectivity index (χ0) is 22.5. The molecule has 1 N–H and O–H groups in total. The number of ether oxygens (including phenoxy) is 1. The number of nitrogens with zero attached hydrogens (tertiary/aromatic N) is 1. The Hall–Kier alpha value is -2.87. The first-order valence-electron chi connectivity index (χ1n) is 9.73. The number of nitrogens with one attached hydrogen (secondary N) is 1. The zero-order valence-electron chi connectivity index (χ0n) is 17.9. The minimum atomic E-state index is -3.72. The van der Waals surface area contributed by atoms with Gasteiger partial charge >= 0.3 is 5.97 Å². The van der Waals surface area contributed by atoms with Crippen molar-refractivity contribution in [2.45, 2.75) is 40.2 Å². The fourth-order valence-electron chi connectivity index (χ4n) is 3.07. The van der Waals surface area contributed by atoms with Crippen LogP contribution in [0.2, 0.25) is 0 Å². The molecule has 0 unspecified atom stereocenters. The van der Waals surface area contributed by atoms with Crippen molar-refractivity contribution in [1.29, 1.82) is 0 Å². The number of carbonyl (C=O) groups excluding carboxylic acids is 2. The smallest absolute Gasteiger partial charge is 0.338 e. The molecule has 0 aliphatic carbocycles. The van der Waals surface area contributed by atoms with Crippen LogP contribution in [0.25, 0.3) is 0 Å². The molecule has 0 saturated carbocycles. The Labute approximate surface area is 178 Å². The maximum atomic E-state index is 13.1. The second kappa shape index (κ2) is 9.75. The molecule has 0 spiro atoms. The van der Waals surface area contributed by atoms with Crippen molar-refractivity contribution < 1.29 is 22.7 Å². The lowest BCUT2D eigenvalue weighted by atomic mass is 10.1. The highest BCUT2D eigenvalue weighted by atomic mass is 32.2. The number of amides is 1. The van der Waals surface area contributed by atoms with E-state index in [1.54, 1.807) is 57.2 Å². The van der Waals surface area contributed by atoms with Crippen LogP contribution in [0.15, 0.2) is 42.5 Å². The Kier molecular flexibility index (Phi) is 7.61. The Morgan fingerprint density at radius 3 is 2.23 bits per heavy atom. The van der Waals surface area contributed by atoms with Gasteiger partial charge in [0.05, 0.1) is 24.1 Å². The molecule has 0 saturated heterocycles. The molecular weight excluding hydrogens is 404 g/mol. The summed E-state index contributed by atoms with van der Waals surface area (Å²) in [5, 5.41) is 2.78. The molecule has 8 heteroatoms. The van der Waals surface area contributed by atoms with Gasteiger partial charge in [-0.05, 0) is 57.0 Å². The third-order valence-electron chi connectivity index (χ3n) is 4.62. The van der Waals surface area contributed by atoms with Gasteiger partial charge < -0.3 is 10.1 Å². The van der Waals surface area contributed by atoms with E-state index in [0.29, 0.717) is 16.9 Å². The molecule has 0 aliphatic rings. The average Bonchev–Trinajstić information content (AvgIpc) is 2.67. The average molecular weight is 433 g/mol. The molecule has 2 rings (SSSR count). The molecule has 2 aromatic carbocycles. The van der Waals surface area contributed by atoms with Gasteiger partial charge in [0.15, 0.2) is 0 Å². The molecule has 0 heterocycles. The predicted octanol–water partition coefficient (Wildman–Crippen LogP) is 3.66. The van der Waals surface area contributed by atoms with Crippen LogP contribution in [0.3, 0.4) is 0 Å². The van der Waals surface area contributed by atoms with E-state index in [1.165, 1.54) is 6.07 Å². The number of rotatable bonds is 8. The van der Waals surface area contributed by atoms with E-state index >= 15 is 0 Å². The van der Waals surface area contributed by atoms with Crippen LogP contribution >= 0.6 is 0 Å². The highest BCUT2D eigenvalue weighted by Crippen LogP contribution is 2.25. The van der Waals surface area contributed by atoms with Crippen molar-refractivity contribution in [3.63, 3.8) is 0 Å². The van der Waals surface area contributed by atoms with Crippen molar-refractivity contribution >= 4 is 33.3 Å². The Bertz CT molecular complexity index is 1020. The SMILES string of the molecule is CCOC(=O)c1ccc(C)c(NC(=O)[C@@H](CC)N(c2ccc(C)cc2)S(C)(=O)=O)c1. The zero-order valence-corrected chi connectivity index (χ0v) is 18.7. The molecule has 162 valence electrons. The van der Waals surface area contributed by atoms with E-state index in [4.69, 9.17) is 4.74 Å². The third-order valence-corrected chi connectivity index (χ3v) is 5.80. The van der Waals surface area contributed by atoms with E-state index in [9.17, 15) is 18.0 Å². The van der Waals surface area contributed by atoms with Gasteiger partial charge in [-0.25, -0.2) is 13.2 Å². The van der Waals surface area contributed by atoms with Gasteiger partial charge in [0.25, 0.3) is 0 Å². The van der Waals surface area contributed by atoms with E-state index in [-0.39, 0.29) is 13.0 Å². The summed E-state index contributed by atoms with van der Waals surface area (Å²) in [5.74, 6) is -0.968. The van der Waals surface area contributed by atoms with Gasteiger partial charge in [-0.1, -0.05) is 30.7 Å². The summed E-state index contributed by atoms with van der Waals surface area (Å²) in [6.07, 6.45) is 1.35. The lowest BCUT2D eigenvalue weighted by Gasteiger charge is -2.30. The number of hydrogen-bond acceptors (Lipinski definition) is 5. The third kappa shape index (κ3) is 5.60. The van der Waals surface area contributed by atoms with E-state index in [2.05, 4.69) is 5.32 Å². The summed E-state index contributed by atoms with van der Waals surface area (Å²) >= 11 is 0. The lowest BCUT2D eigenvalue weighted by molar-refractivity contribution is -0.117. The standard InChI is InChI=1S/C22H28N2O5S/c1-6-20(24(30(5,27)28)18-12-8-15(3)9-13-18)21(25)23-19-14-17(11-10-16(19)4)22(26)29-7-2/h8-14,20H,6-7H2,1-5H3,(H,23,25)/t20-/m1/s1. The fourth-order valence-corrected chi connectivity index (χ4v) is 4.28. The van der Waals surface area contributed by atoms with Gasteiger partial charge in [-0.2, -0.15) is 0 Å². The number of carbonyl (C=O) groups is 2. The number of anilines is 2. The van der Waals surface area contributed by atoms with Gasteiger partial charge in [0, 0.05) is 5.69 Å². The van der Waals surface area contributed by atoms with Gasteiger partial charge in [-0.15, -0.1) is 0 Å². The minimum Gasteiger partial charge on any atom is -0.462 e. The van der Waals surface area contributed by atoms with Gasteiger partial charge in [0.2, 0.25) is 15.9 Å². The maximum absolute atomic E-state index is 13.1. The number of hydrogen-bond donors (Lipinski definition) is 1. The van der Waals surface area contributed by atoms with Crippen molar-refractivity contribution in [2.75, 3.05) is 22.5 Å². The van der Waals surface area contributed by atoms with Crippen LogP contribution in [-0.4, -0.2) is 39.2 Å². The normalized spacial score (nSPS) is 12.2. The summed E-state index contributed by atoms with van der Waals surface area (Å²) in [6.45, 7) is 7.40. The molecule has 0 fully saturated rings. The fraction of sp³-hybridized carbons (Fsp3) is 0.364. The number of sulfonamides is 1. The molecule has 0 radical (unpaired) electrons. The van der Waals surface area contributed by atoms with Crippen molar-refractivity contribution in [1.82, 2.24) is 0 Å². The van der Waals surface area contributed by atoms with Crippen LogP contribution in [-0.2, 0) is 19.6 Å². The maximum Gasteiger partial charge on any atom is 0.338 e. The van der Waals surface area contributed by atoms with E-state index in [1.807, 2.05) is 6.92 Å². The lowest BCUT2D eigenvalue weighted by Crippen LogP contribution is -2.47. The molecule has 1 amide bonds. The number of esters is 1. The second-order valence-electron chi connectivity index (χ2n) is 7.06. The summed E-state index contributed by atoms with van der Waals surface area (Å²) in [7, 11) is -3.72. The van der Waals surface area contributed by atoms with Crippen molar-refractivity contribution in [3.05, 3.63) is 59.2 Å². The monoisotopic (exact) mass is 432 g/mol. The van der Waals surface area contributed by atoms with Crippen molar-refractivity contribution in [2.24, 2.45) is 0 Å². The topological polar surface area (TPSA) is 92.8 Å². The Morgan fingerprint density at radius 2 is 1.70 bits per heavy atom. The Morgan fingerprint density at radius 1 is 1.07 bits per heavy atom. The van der Waals surface area contributed by atoms with Crippen LogP contribution in [0.4, 0.5) is 11.4 Å². The predicted molar refractivity (Wildman–Crippen MR) is 118 cm³/mol. The molecule has 0 aliphatic heterocycles. The Balaban J connectivity index is 2.38. The van der Waals surface area contributed by atoms with E-state index < -0.39 is 27.9 Å². The van der Waals surface area contributed by atoms with Crippen LogP contribution < -0.4 is 9.62 Å². The molecule has 30 heavy (non-hydrogen) atoms. The molecule has 7 nitrogen and oxygen atoms in total. The van der Waals surface area contributed by atoms with Crippen LogP contribution in [0, 0.1) is 13.8 Å². The quantitative estimate of drug-likeness (QED) is 0.643. The molecule has 1 atom stereocenters. The van der Waals surface area contributed by atoms with Crippen molar-refractivity contribution in [3.8, 4) is 0 Å². The highest BCUT2D eigenvalue weighted by Gasteiger charge is 2.31. The van der Waals surface area contributed by atoms with Gasteiger partial charge in [0.1, 0.15) is 6.04 Å². The minimum absolute atomic E-state index is 0.242. The first-order valence-corrected chi connectivity index (χ1v) is 11.6. The summed E-state index contributed by atoms with van der Waals surface area (Å²) in [4.78, 5) is 25.1. The summed E-state index contributed by atoms with van der Waals surface area (Å²) < 4.78 is 31.2. The number of aryl methyl sites for hydroxylation is 2. The highest BCUT2D eigenvalue weighted by molar-refractivity contribution is 7.92. The first-order chi connectivity index (χ1) is 14.1. The molecule has 2 aromatic rings. The van der Waals surface area contributed by atoms with E-state index in [0.717, 1.165) is 21.7 Å². The van der Waals surface area contributed by atoms with Crippen LogP contribution in [0.1, 0.15) is 41.8 Å². The van der Waals surface area contributed by atoms with Gasteiger partial charge in [-0.3, -0.25) is 9.10 Å². The summed E-state index contributed by atoms with van der Waals surface area (Å²) in [5.41, 5.74) is 2.89.